The Kier molecular flexibility index (Phi) is 8.38. The van der Waals surface area contributed by atoms with Gasteiger partial charge < -0.3 is 24.8 Å². The lowest BCUT2D eigenvalue weighted by atomic mass is 9.96. The zero-order valence-electron chi connectivity index (χ0n) is 16.6. The molecule has 1 saturated carbocycles. The fraction of sp³-hybridized carbons (Fsp3) is 0.650. The Labute approximate surface area is 157 Å². The van der Waals surface area contributed by atoms with E-state index in [1.165, 1.54) is 32.1 Å². The smallest absolute Gasteiger partial charge is 0.203 e. The van der Waals surface area contributed by atoms with Crippen LogP contribution in [-0.2, 0) is 6.42 Å². The summed E-state index contributed by atoms with van der Waals surface area (Å²) in [6.07, 6.45) is 7.19. The predicted octanol–water partition coefficient (Wildman–Crippen LogP) is 3.14. The minimum absolute atomic E-state index is 0.539. The van der Waals surface area contributed by atoms with Gasteiger partial charge in [-0.05, 0) is 32.3 Å². The standard InChI is InChI=1S/C20H33N3O3/c1-5-21-20(23-16-9-7-6-8-10-16)22-14-13-15-11-12-17(24-2)19(26-4)18(15)25-3/h11-12,16H,5-10,13-14H2,1-4H3,(H2,21,22,23). The molecule has 0 aromatic heterocycles. The predicted molar refractivity (Wildman–Crippen MR) is 106 cm³/mol. The zero-order chi connectivity index (χ0) is 18.8. The van der Waals surface area contributed by atoms with Gasteiger partial charge in [0.15, 0.2) is 17.5 Å². The maximum absolute atomic E-state index is 5.55. The van der Waals surface area contributed by atoms with Crippen LogP contribution in [0, 0.1) is 0 Å². The summed E-state index contributed by atoms with van der Waals surface area (Å²) < 4.78 is 16.3. The molecule has 0 bridgehead atoms. The van der Waals surface area contributed by atoms with Gasteiger partial charge >= 0.3 is 0 Å². The van der Waals surface area contributed by atoms with E-state index in [-0.39, 0.29) is 0 Å². The summed E-state index contributed by atoms with van der Waals surface area (Å²) in [4.78, 5) is 4.74. The van der Waals surface area contributed by atoms with Crippen molar-refractivity contribution in [1.29, 1.82) is 0 Å². The molecule has 1 aliphatic carbocycles. The largest absolute Gasteiger partial charge is 0.493 e. The highest BCUT2D eigenvalue weighted by Crippen LogP contribution is 2.39. The van der Waals surface area contributed by atoms with E-state index in [2.05, 4.69) is 17.6 Å². The van der Waals surface area contributed by atoms with Gasteiger partial charge in [0.2, 0.25) is 5.75 Å². The van der Waals surface area contributed by atoms with Crippen LogP contribution in [0.1, 0.15) is 44.6 Å². The van der Waals surface area contributed by atoms with Gasteiger partial charge in [-0.15, -0.1) is 0 Å². The van der Waals surface area contributed by atoms with Crippen molar-refractivity contribution in [2.75, 3.05) is 34.4 Å². The normalized spacial score (nSPS) is 15.5. The fourth-order valence-corrected chi connectivity index (χ4v) is 3.41. The van der Waals surface area contributed by atoms with E-state index < -0.39 is 0 Å². The molecule has 6 heteroatoms. The highest BCUT2D eigenvalue weighted by Gasteiger charge is 2.16. The Morgan fingerprint density at radius 3 is 2.38 bits per heavy atom. The lowest BCUT2D eigenvalue weighted by Crippen LogP contribution is -2.44. The summed E-state index contributed by atoms with van der Waals surface area (Å²) in [5, 5.41) is 6.92. The van der Waals surface area contributed by atoms with Crippen molar-refractivity contribution in [1.82, 2.24) is 10.6 Å². The van der Waals surface area contributed by atoms with Gasteiger partial charge in [0, 0.05) is 24.7 Å². The number of ether oxygens (including phenoxy) is 3. The first-order valence-electron chi connectivity index (χ1n) is 9.56. The number of hydrogen-bond donors (Lipinski definition) is 2. The van der Waals surface area contributed by atoms with E-state index in [9.17, 15) is 0 Å². The lowest BCUT2D eigenvalue weighted by Gasteiger charge is -2.25. The topological polar surface area (TPSA) is 64.1 Å². The van der Waals surface area contributed by atoms with Gasteiger partial charge in [-0.2, -0.15) is 0 Å². The van der Waals surface area contributed by atoms with Crippen molar-refractivity contribution in [2.24, 2.45) is 4.99 Å². The van der Waals surface area contributed by atoms with Crippen LogP contribution in [-0.4, -0.2) is 46.4 Å². The highest BCUT2D eigenvalue weighted by molar-refractivity contribution is 5.80. The molecule has 6 nitrogen and oxygen atoms in total. The van der Waals surface area contributed by atoms with E-state index in [1.54, 1.807) is 21.3 Å². The van der Waals surface area contributed by atoms with Crippen molar-refractivity contribution < 1.29 is 14.2 Å². The van der Waals surface area contributed by atoms with Crippen molar-refractivity contribution in [3.05, 3.63) is 17.7 Å². The highest BCUT2D eigenvalue weighted by atomic mass is 16.5. The molecule has 0 heterocycles. The van der Waals surface area contributed by atoms with E-state index in [0.29, 0.717) is 29.8 Å². The first-order valence-corrected chi connectivity index (χ1v) is 9.56. The molecule has 2 rings (SSSR count). The molecule has 1 aromatic rings. The second-order valence-electron chi connectivity index (χ2n) is 6.48. The maximum atomic E-state index is 5.55. The van der Waals surface area contributed by atoms with E-state index in [0.717, 1.165) is 24.5 Å². The van der Waals surface area contributed by atoms with Crippen LogP contribution in [0.5, 0.6) is 17.2 Å². The molecule has 0 radical (unpaired) electrons. The van der Waals surface area contributed by atoms with Gasteiger partial charge in [0.1, 0.15) is 0 Å². The van der Waals surface area contributed by atoms with Crippen LogP contribution in [0.3, 0.4) is 0 Å². The third-order valence-corrected chi connectivity index (χ3v) is 4.73. The first-order chi connectivity index (χ1) is 12.7. The number of rotatable bonds is 8. The second kappa shape index (κ2) is 10.8. The molecule has 0 spiro atoms. The average molecular weight is 364 g/mol. The Morgan fingerprint density at radius 1 is 1.04 bits per heavy atom. The Balaban J connectivity index is 2.03. The number of methoxy groups -OCH3 is 3. The summed E-state index contributed by atoms with van der Waals surface area (Å²) >= 11 is 0. The minimum atomic E-state index is 0.539. The molecule has 0 amide bonds. The molecule has 1 aromatic carbocycles. The van der Waals surface area contributed by atoms with E-state index in [1.807, 2.05) is 12.1 Å². The number of hydrogen-bond acceptors (Lipinski definition) is 4. The third-order valence-electron chi connectivity index (χ3n) is 4.73. The van der Waals surface area contributed by atoms with Crippen LogP contribution < -0.4 is 24.8 Å². The summed E-state index contributed by atoms with van der Waals surface area (Å²) in [5.41, 5.74) is 1.06. The van der Waals surface area contributed by atoms with E-state index in [4.69, 9.17) is 19.2 Å². The van der Waals surface area contributed by atoms with E-state index >= 15 is 0 Å². The Morgan fingerprint density at radius 2 is 1.77 bits per heavy atom. The van der Waals surface area contributed by atoms with Crippen molar-refractivity contribution in [3.8, 4) is 17.2 Å². The number of aliphatic imine (C=N–C) groups is 1. The summed E-state index contributed by atoms with van der Waals surface area (Å²) in [5.74, 6) is 2.92. The molecular formula is C20H33N3O3. The fourth-order valence-electron chi connectivity index (χ4n) is 3.41. The number of nitrogens with zero attached hydrogens (tertiary/aromatic N) is 1. The minimum Gasteiger partial charge on any atom is -0.493 e. The molecule has 2 N–H and O–H groups in total. The summed E-state index contributed by atoms with van der Waals surface area (Å²) in [6.45, 7) is 3.63. The van der Waals surface area contributed by atoms with Crippen LogP contribution in [0.25, 0.3) is 0 Å². The number of guanidine groups is 1. The molecule has 0 atom stereocenters. The van der Waals surface area contributed by atoms with Crippen LogP contribution in [0.4, 0.5) is 0 Å². The van der Waals surface area contributed by atoms with Gasteiger partial charge in [-0.1, -0.05) is 25.3 Å². The Bertz CT molecular complexity index is 584. The molecule has 0 saturated heterocycles. The van der Waals surface area contributed by atoms with Crippen LogP contribution >= 0.6 is 0 Å². The van der Waals surface area contributed by atoms with Gasteiger partial charge in [-0.25, -0.2) is 0 Å². The third kappa shape index (κ3) is 5.44. The van der Waals surface area contributed by atoms with Gasteiger partial charge in [-0.3, -0.25) is 4.99 Å². The molecule has 0 unspecified atom stereocenters. The Hall–Kier alpha value is -2.11. The number of benzene rings is 1. The SMILES string of the molecule is CCNC(=NCCc1ccc(OC)c(OC)c1OC)NC1CCCCC1. The molecule has 26 heavy (non-hydrogen) atoms. The molecule has 1 fully saturated rings. The zero-order valence-corrected chi connectivity index (χ0v) is 16.6. The van der Waals surface area contributed by atoms with Crippen molar-refractivity contribution in [2.45, 2.75) is 51.5 Å². The quantitative estimate of drug-likeness (QED) is 0.549. The van der Waals surface area contributed by atoms with Gasteiger partial charge in [0.25, 0.3) is 0 Å². The molecule has 0 aliphatic heterocycles. The van der Waals surface area contributed by atoms with Crippen LogP contribution in [0.2, 0.25) is 0 Å². The molecule has 146 valence electrons. The second-order valence-corrected chi connectivity index (χ2v) is 6.48. The monoisotopic (exact) mass is 363 g/mol. The molecular weight excluding hydrogens is 330 g/mol. The van der Waals surface area contributed by atoms with Crippen LogP contribution in [0.15, 0.2) is 17.1 Å². The summed E-state index contributed by atoms with van der Waals surface area (Å²) in [7, 11) is 4.90. The molecule has 1 aliphatic rings. The first kappa shape index (κ1) is 20.2. The maximum Gasteiger partial charge on any atom is 0.203 e. The summed E-state index contributed by atoms with van der Waals surface area (Å²) in [6, 6.07) is 4.46. The van der Waals surface area contributed by atoms with Gasteiger partial charge in [0.05, 0.1) is 21.3 Å². The number of nitrogens with one attached hydrogen (secondary N) is 2. The lowest BCUT2D eigenvalue weighted by molar-refractivity contribution is 0.322. The average Bonchev–Trinajstić information content (AvgIpc) is 2.68. The van der Waals surface area contributed by atoms with Crippen molar-refractivity contribution >= 4 is 5.96 Å². The van der Waals surface area contributed by atoms with Crippen molar-refractivity contribution in [3.63, 3.8) is 0 Å².